The molecule has 3 nitrogen and oxygen atoms in total. The Balaban J connectivity index is 2.27. The van der Waals surface area contributed by atoms with Crippen molar-refractivity contribution >= 4 is 50.1 Å². The summed E-state index contributed by atoms with van der Waals surface area (Å²) in [5.74, 6) is 0.112. The van der Waals surface area contributed by atoms with Crippen LogP contribution in [0, 0.1) is 3.57 Å². The van der Waals surface area contributed by atoms with Crippen LogP contribution in [0.4, 0.5) is 18.9 Å². The van der Waals surface area contributed by atoms with Crippen molar-refractivity contribution in [2.75, 3.05) is 12.4 Å². The highest BCUT2D eigenvalue weighted by Gasteiger charge is 2.31. The topological polar surface area (TPSA) is 38.3 Å². The lowest BCUT2D eigenvalue weighted by Gasteiger charge is -2.12. The Bertz CT molecular complexity index is 750. The Morgan fingerprint density at radius 2 is 1.91 bits per heavy atom. The fourth-order valence-electron chi connectivity index (χ4n) is 1.84. The number of rotatable bonds is 3. The molecule has 0 aliphatic carbocycles. The SMILES string of the molecule is COc1ccc(C(=O)Nc2cc(Br)cc(C(F)(F)F)c2)cc1I. The van der Waals surface area contributed by atoms with Gasteiger partial charge in [0.15, 0.2) is 0 Å². The number of benzene rings is 2. The quantitative estimate of drug-likeness (QED) is 0.579. The molecule has 122 valence electrons. The third kappa shape index (κ3) is 4.60. The number of carbonyl (C=O) groups is 1. The van der Waals surface area contributed by atoms with E-state index in [2.05, 4.69) is 21.2 Å². The predicted molar refractivity (Wildman–Crippen MR) is 92.8 cm³/mol. The first-order valence-electron chi connectivity index (χ1n) is 6.23. The van der Waals surface area contributed by atoms with Gasteiger partial charge in [-0.1, -0.05) is 15.9 Å². The molecule has 2 aromatic carbocycles. The molecule has 1 amide bonds. The van der Waals surface area contributed by atoms with Gasteiger partial charge in [0.25, 0.3) is 5.91 Å². The van der Waals surface area contributed by atoms with Crippen LogP contribution >= 0.6 is 38.5 Å². The summed E-state index contributed by atoms with van der Waals surface area (Å²) in [7, 11) is 1.51. The summed E-state index contributed by atoms with van der Waals surface area (Å²) >= 11 is 5.02. The van der Waals surface area contributed by atoms with Crippen LogP contribution in [-0.2, 0) is 6.18 Å². The van der Waals surface area contributed by atoms with E-state index < -0.39 is 17.6 Å². The minimum atomic E-state index is -4.49. The van der Waals surface area contributed by atoms with E-state index in [0.29, 0.717) is 11.3 Å². The van der Waals surface area contributed by atoms with Gasteiger partial charge in [0.2, 0.25) is 0 Å². The summed E-state index contributed by atoms with van der Waals surface area (Å²) in [5.41, 5.74) is -0.460. The van der Waals surface area contributed by atoms with Crippen molar-refractivity contribution in [3.8, 4) is 5.75 Å². The van der Waals surface area contributed by atoms with Gasteiger partial charge < -0.3 is 10.1 Å². The molecular formula is C15H10BrF3INO2. The Hall–Kier alpha value is -1.29. The monoisotopic (exact) mass is 499 g/mol. The molecule has 0 saturated carbocycles. The van der Waals surface area contributed by atoms with Gasteiger partial charge in [0.1, 0.15) is 5.75 Å². The van der Waals surface area contributed by atoms with Crippen molar-refractivity contribution in [2.24, 2.45) is 0 Å². The molecule has 0 aliphatic rings. The lowest BCUT2D eigenvalue weighted by molar-refractivity contribution is -0.137. The van der Waals surface area contributed by atoms with Crippen LogP contribution in [0.5, 0.6) is 5.75 Å². The number of hydrogen-bond donors (Lipinski definition) is 1. The van der Waals surface area contributed by atoms with E-state index in [1.807, 2.05) is 22.6 Å². The number of methoxy groups -OCH3 is 1. The average molecular weight is 500 g/mol. The number of ether oxygens (including phenoxy) is 1. The van der Waals surface area contributed by atoms with Gasteiger partial charge in [-0.15, -0.1) is 0 Å². The molecule has 0 saturated heterocycles. The molecule has 0 radical (unpaired) electrons. The van der Waals surface area contributed by atoms with Crippen LogP contribution < -0.4 is 10.1 Å². The van der Waals surface area contributed by atoms with Crippen molar-refractivity contribution in [1.29, 1.82) is 0 Å². The molecule has 0 aromatic heterocycles. The zero-order valence-corrected chi connectivity index (χ0v) is 15.4. The second kappa shape index (κ2) is 7.08. The van der Waals surface area contributed by atoms with Crippen LogP contribution in [0.3, 0.4) is 0 Å². The smallest absolute Gasteiger partial charge is 0.416 e. The maximum atomic E-state index is 12.8. The lowest BCUT2D eigenvalue weighted by Crippen LogP contribution is -2.13. The predicted octanol–water partition coefficient (Wildman–Crippen LogP) is 5.33. The van der Waals surface area contributed by atoms with Gasteiger partial charge in [0, 0.05) is 15.7 Å². The lowest BCUT2D eigenvalue weighted by atomic mass is 10.1. The molecule has 0 fully saturated rings. The second-order valence-corrected chi connectivity index (χ2v) is 6.61. The van der Waals surface area contributed by atoms with Crippen molar-refractivity contribution in [2.45, 2.75) is 6.18 Å². The van der Waals surface area contributed by atoms with Crippen LogP contribution in [0.1, 0.15) is 15.9 Å². The van der Waals surface area contributed by atoms with Crippen molar-refractivity contribution < 1.29 is 22.7 Å². The maximum absolute atomic E-state index is 12.8. The Morgan fingerprint density at radius 1 is 1.22 bits per heavy atom. The average Bonchev–Trinajstić information content (AvgIpc) is 2.45. The largest absolute Gasteiger partial charge is 0.496 e. The van der Waals surface area contributed by atoms with Crippen LogP contribution in [0.15, 0.2) is 40.9 Å². The van der Waals surface area contributed by atoms with Gasteiger partial charge in [-0.3, -0.25) is 4.79 Å². The third-order valence-corrected chi connectivity index (χ3v) is 4.20. The molecule has 23 heavy (non-hydrogen) atoms. The molecular weight excluding hydrogens is 490 g/mol. The van der Waals surface area contributed by atoms with Gasteiger partial charge in [-0.2, -0.15) is 13.2 Å². The van der Waals surface area contributed by atoms with Crippen molar-refractivity contribution in [1.82, 2.24) is 0 Å². The van der Waals surface area contributed by atoms with E-state index in [9.17, 15) is 18.0 Å². The first-order valence-corrected chi connectivity index (χ1v) is 8.10. The van der Waals surface area contributed by atoms with E-state index in [-0.39, 0.29) is 10.2 Å². The maximum Gasteiger partial charge on any atom is 0.416 e. The molecule has 0 aliphatic heterocycles. The van der Waals surface area contributed by atoms with E-state index >= 15 is 0 Å². The summed E-state index contributed by atoms with van der Waals surface area (Å²) in [6, 6.07) is 8.00. The Morgan fingerprint density at radius 3 is 2.48 bits per heavy atom. The van der Waals surface area contributed by atoms with Gasteiger partial charge >= 0.3 is 6.18 Å². The zero-order valence-electron chi connectivity index (χ0n) is 11.7. The van der Waals surface area contributed by atoms with Crippen molar-refractivity contribution in [3.05, 3.63) is 55.6 Å². The van der Waals surface area contributed by atoms with Crippen LogP contribution in [0.2, 0.25) is 0 Å². The second-order valence-electron chi connectivity index (χ2n) is 4.53. The fourth-order valence-corrected chi connectivity index (χ4v) is 3.07. The highest BCUT2D eigenvalue weighted by atomic mass is 127. The molecule has 1 N–H and O–H groups in total. The summed E-state index contributed by atoms with van der Waals surface area (Å²) in [5, 5.41) is 2.46. The van der Waals surface area contributed by atoms with Crippen LogP contribution in [0.25, 0.3) is 0 Å². The molecule has 0 spiro atoms. The number of carbonyl (C=O) groups excluding carboxylic acids is 1. The molecule has 2 aromatic rings. The van der Waals surface area contributed by atoms with Crippen molar-refractivity contribution in [3.63, 3.8) is 0 Å². The minimum absolute atomic E-state index is 0.0579. The first-order chi connectivity index (χ1) is 10.7. The summed E-state index contributed by atoms with van der Waals surface area (Å²) < 4.78 is 44.4. The van der Waals surface area contributed by atoms with Crippen LogP contribution in [-0.4, -0.2) is 13.0 Å². The molecule has 0 heterocycles. The highest BCUT2D eigenvalue weighted by Crippen LogP contribution is 2.33. The first kappa shape index (κ1) is 18.1. The number of alkyl halides is 3. The summed E-state index contributed by atoms with van der Waals surface area (Å²) in [6.07, 6.45) is -4.49. The van der Waals surface area contributed by atoms with Gasteiger partial charge in [-0.25, -0.2) is 0 Å². The third-order valence-electron chi connectivity index (χ3n) is 2.90. The number of anilines is 1. The fraction of sp³-hybridized carbons (Fsp3) is 0.133. The summed E-state index contributed by atoms with van der Waals surface area (Å²) in [4.78, 5) is 12.2. The number of amides is 1. The van der Waals surface area contributed by atoms with Gasteiger partial charge in [0.05, 0.1) is 16.2 Å². The molecule has 0 unspecified atom stereocenters. The summed E-state index contributed by atoms with van der Waals surface area (Å²) in [6.45, 7) is 0. The molecule has 2 rings (SSSR count). The molecule has 0 atom stereocenters. The van der Waals surface area contributed by atoms with E-state index in [0.717, 1.165) is 15.7 Å². The van der Waals surface area contributed by atoms with E-state index in [1.165, 1.54) is 13.2 Å². The minimum Gasteiger partial charge on any atom is -0.496 e. The molecule has 0 bridgehead atoms. The molecule has 8 heteroatoms. The highest BCUT2D eigenvalue weighted by molar-refractivity contribution is 14.1. The van der Waals surface area contributed by atoms with E-state index in [1.54, 1.807) is 18.2 Å². The van der Waals surface area contributed by atoms with Gasteiger partial charge in [-0.05, 0) is 59.0 Å². The Kier molecular flexibility index (Phi) is 5.56. The normalized spacial score (nSPS) is 11.2. The zero-order chi connectivity index (χ0) is 17.2. The standard InChI is InChI=1S/C15H10BrF3INO2/c1-23-13-3-2-8(4-12(13)20)14(22)21-11-6-9(15(17,18)19)5-10(16)7-11/h2-7H,1H3,(H,21,22). The van der Waals surface area contributed by atoms with E-state index in [4.69, 9.17) is 4.74 Å². The number of halogens is 5. The Labute approximate surface area is 152 Å². The number of hydrogen-bond acceptors (Lipinski definition) is 2. The number of nitrogens with one attached hydrogen (secondary N) is 1.